The third-order valence-electron chi connectivity index (χ3n) is 2.79. The number of fused-ring (bicyclic) bond motifs is 1. The zero-order valence-corrected chi connectivity index (χ0v) is 10.6. The van der Waals surface area contributed by atoms with Gasteiger partial charge in [0.15, 0.2) is 5.76 Å². The van der Waals surface area contributed by atoms with Gasteiger partial charge in [-0.25, -0.2) is 0 Å². The van der Waals surface area contributed by atoms with Crippen molar-refractivity contribution >= 4 is 26.8 Å². The fourth-order valence-electron chi connectivity index (χ4n) is 1.94. The standard InChI is InChI=1S/C14H10BrNO/c15-9-10-5-1-2-6-11(10)14-12-7-3-4-8-13(12)16-17-14/h1-8H,9H2. The molecule has 0 amide bonds. The summed E-state index contributed by atoms with van der Waals surface area (Å²) in [7, 11) is 0. The van der Waals surface area contributed by atoms with Gasteiger partial charge in [0.1, 0.15) is 5.52 Å². The molecular weight excluding hydrogens is 278 g/mol. The molecule has 0 aliphatic carbocycles. The summed E-state index contributed by atoms with van der Waals surface area (Å²) in [4.78, 5) is 0. The zero-order valence-electron chi connectivity index (χ0n) is 9.06. The first-order valence-electron chi connectivity index (χ1n) is 5.39. The van der Waals surface area contributed by atoms with E-state index in [1.807, 2.05) is 36.4 Å². The largest absolute Gasteiger partial charge is 0.355 e. The summed E-state index contributed by atoms with van der Waals surface area (Å²) in [6.45, 7) is 0. The summed E-state index contributed by atoms with van der Waals surface area (Å²) in [6, 6.07) is 16.1. The number of nitrogens with zero attached hydrogens (tertiary/aromatic N) is 1. The number of hydrogen-bond acceptors (Lipinski definition) is 2. The molecule has 0 atom stereocenters. The maximum absolute atomic E-state index is 5.47. The molecule has 3 aromatic rings. The van der Waals surface area contributed by atoms with Crippen LogP contribution in [0.25, 0.3) is 22.2 Å². The first-order chi connectivity index (χ1) is 8.40. The number of hydrogen-bond donors (Lipinski definition) is 0. The Morgan fingerprint density at radius 2 is 1.76 bits per heavy atom. The minimum absolute atomic E-state index is 0.804. The average molecular weight is 288 g/mol. The van der Waals surface area contributed by atoms with E-state index in [1.54, 1.807) is 0 Å². The van der Waals surface area contributed by atoms with Crippen molar-refractivity contribution in [3.63, 3.8) is 0 Å². The van der Waals surface area contributed by atoms with Crippen molar-refractivity contribution in [2.75, 3.05) is 0 Å². The summed E-state index contributed by atoms with van der Waals surface area (Å²) < 4.78 is 5.47. The van der Waals surface area contributed by atoms with Crippen LogP contribution in [-0.2, 0) is 5.33 Å². The Morgan fingerprint density at radius 3 is 2.65 bits per heavy atom. The van der Waals surface area contributed by atoms with Crippen molar-refractivity contribution in [3.8, 4) is 11.3 Å². The molecule has 1 aromatic heterocycles. The van der Waals surface area contributed by atoms with Gasteiger partial charge in [-0.05, 0) is 17.7 Å². The van der Waals surface area contributed by atoms with Crippen LogP contribution in [0.1, 0.15) is 5.56 Å². The van der Waals surface area contributed by atoms with Crippen molar-refractivity contribution in [1.29, 1.82) is 0 Å². The first-order valence-corrected chi connectivity index (χ1v) is 6.51. The van der Waals surface area contributed by atoms with Gasteiger partial charge in [-0.15, -0.1) is 0 Å². The molecule has 0 unspecified atom stereocenters. The second-order valence-electron chi connectivity index (χ2n) is 3.82. The lowest BCUT2D eigenvalue weighted by molar-refractivity contribution is 0.440. The van der Waals surface area contributed by atoms with Crippen molar-refractivity contribution in [2.24, 2.45) is 0 Å². The maximum Gasteiger partial charge on any atom is 0.174 e. The Bertz CT molecular complexity index is 660. The summed E-state index contributed by atoms with van der Waals surface area (Å²) in [5, 5.41) is 5.94. The molecule has 2 nitrogen and oxygen atoms in total. The minimum atomic E-state index is 0.804. The molecule has 0 aliphatic rings. The van der Waals surface area contributed by atoms with E-state index in [1.165, 1.54) is 5.56 Å². The monoisotopic (exact) mass is 287 g/mol. The van der Waals surface area contributed by atoms with Gasteiger partial charge in [-0.1, -0.05) is 57.5 Å². The third-order valence-corrected chi connectivity index (χ3v) is 3.39. The molecule has 0 bridgehead atoms. The van der Waals surface area contributed by atoms with E-state index in [4.69, 9.17) is 4.52 Å². The van der Waals surface area contributed by atoms with Gasteiger partial charge < -0.3 is 4.52 Å². The first kappa shape index (κ1) is 10.5. The molecule has 2 aromatic carbocycles. The van der Waals surface area contributed by atoms with Gasteiger partial charge in [0.2, 0.25) is 0 Å². The molecule has 0 aliphatic heterocycles. The summed E-state index contributed by atoms with van der Waals surface area (Å²) in [5.74, 6) is 0.843. The molecule has 3 rings (SSSR count). The molecule has 0 fully saturated rings. The van der Waals surface area contributed by atoms with E-state index < -0.39 is 0 Å². The number of alkyl halides is 1. The highest BCUT2D eigenvalue weighted by Gasteiger charge is 2.12. The van der Waals surface area contributed by atoms with E-state index in [0.29, 0.717) is 0 Å². The van der Waals surface area contributed by atoms with Gasteiger partial charge in [0, 0.05) is 16.3 Å². The van der Waals surface area contributed by atoms with Gasteiger partial charge >= 0.3 is 0 Å². The van der Waals surface area contributed by atoms with E-state index in [-0.39, 0.29) is 0 Å². The fourth-order valence-corrected chi connectivity index (χ4v) is 2.43. The predicted molar refractivity (Wildman–Crippen MR) is 72.1 cm³/mol. The van der Waals surface area contributed by atoms with Crippen LogP contribution in [0.2, 0.25) is 0 Å². The summed E-state index contributed by atoms with van der Waals surface area (Å²) in [6.07, 6.45) is 0. The number of aromatic nitrogens is 1. The summed E-state index contributed by atoms with van der Waals surface area (Å²) in [5.41, 5.74) is 3.19. The SMILES string of the molecule is BrCc1ccccc1-c1onc2ccccc12. The van der Waals surface area contributed by atoms with Gasteiger partial charge in [-0.3, -0.25) is 0 Å². The van der Waals surface area contributed by atoms with Gasteiger partial charge in [-0.2, -0.15) is 0 Å². The van der Waals surface area contributed by atoms with Crippen LogP contribution in [-0.4, -0.2) is 5.16 Å². The maximum atomic E-state index is 5.47. The van der Waals surface area contributed by atoms with Gasteiger partial charge in [0.25, 0.3) is 0 Å². The normalized spacial score (nSPS) is 10.9. The molecule has 0 saturated carbocycles. The predicted octanol–water partition coefficient (Wildman–Crippen LogP) is 4.39. The van der Waals surface area contributed by atoms with Crippen molar-refractivity contribution in [3.05, 3.63) is 54.1 Å². The van der Waals surface area contributed by atoms with Crippen LogP contribution in [0.5, 0.6) is 0 Å². The van der Waals surface area contributed by atoms with Gasteiger partial charge in [0.05, 0.1) is 0 Å². The van der Waals surface area contributed by atoms with Crippen LogP contribution in [0.4, 0.5) is 0 Å². The van der Waals surface area contributed by atoms with Crippen molar-refractivity contribution in [1.82, 2.24) is 5.16 Å². The second kappa shape index (κ2) is 4.34. The average Bonchev–Trinajstić information content (AvgIpc) is 2.82. The molecule has 0 N–H and O–H groups in total. The van der Waals surface area contributed by atoms with Crippen molar-refractivity contribution < 1.29 is 4.52 Å². The molecule has 84 valence electrons. The van der Waals surface area contributed by atoms with E-state index in [9.17, 15) is 0 Å². The number of benzene rings is 2. The molecular formula is C14H10BrNO. The van der Waals surface area contributed by atoms with Crippen LogP contribution < -0.4 is 0 Å². The Hall–Kier alpha value is -1.61. The Morgan fingerprint density at radius 1 is 1.00 bits per heavy atom. The second-order valence-corrected chi connectivity index (χ2v) is 4.38. The molecule has 0 spiro atoms. The van der Waals surface area contributed by atoms with Crippen LogP contribution in [0.3, 0.4) is 0 Å². The molecule has 3 heteroatoms. The Kier molecular flexibility index (Phi) is 2.69. The fraction of sp³-hybridized carbons (Fsp3) is 0.0714. The lowest BCUT2D eigenvalue weighted by atomic mass is 10.0. The minimum Gasteiger partial charge on any atom is -0.355 e. The zero-order chi connectivity index (χ0) is 11.7. The van der Waals surface area contributed by atoms with Crippen molar-refractivity contribution in [2.45, 2.75) is 5.33 Å². The molecule has 1 heterocycles. The van der Waals surface area contributed by atoms with E-state index in [2.05, 4.69) is 33.2 Å². The Balaban J connectivity index is 2.27. The Labute approximate surface area is 107 Å². The smallest absolute Gasteiger partial charge is 0.174 e. The third kappa shape index (κ3) is 1.76. The van der Waals surface area contributed by atoms with E-state index in [0.717, 1.165) is 27.6 Å². The highest BCUT2D eigenvalue weighted by Crippen LogP contribution is 2.31. The number of halogens is 1. The molecule has 17 heavy (non-hydrogen) atoms. The summed E-state index contributed by atoms with van der Waals surface area (Å²) >= 11 is 3.50. The lowest BCUT2D eigenvalue weighted by Gasteiger charge is -2.03. The van der Waals surface area contributed by atoms with Crippen LogP contribution in [0, 0.1) is 0 Å². The topological polar surface area (TPSA) is 26.0 Å². The highest BCUT2D eigenvalue weighted by molar-refractivity contribution is 9.08. The van der Waals surface area contributed by atoms with E-state index >= 15 is 0 Å². The highest BCUT2D eigenvalue weighted by atomic mass is 79.9. The lowest BCUT2D eigenvalue weighted by Crippen LogP contribution is -1.84. The number of rotatable bonds is 2. The van der Waals surface area contributed by atoms with Crippen LogP contribution in [0.15, 0.2) is 53.1 Å². The molecule has 0 radical (unpaired) electrons. The van der Waals surface area contributed by atoms with Crippen LogP contribution >= 0.6 is 15.9 Å². The quantitative estimate of drug-likeness (QED) is 0.654. The molecule has 0 saturated heterocycles.